The van der Waals surface area contributed by atoms with Crippen LogP contribution in [0.4, 0.5) is 0 Å². The minimum Gasteiger partial charge on any atom is -0.356 e. The summed E-state index contributed by atoms with van der Waals surface area (Å²) in [6, 6.07) is 5.15. The van der Waals surface area contributed by atoms with E-state index in [4.69, 9.17) is 0 Å². The third-order valence-corrected chi connectivity index (χ3v) is 6.44. The van der Waals surface area contributed by atoms with Gasteiger partial charge in [-0.3, -0.25) is 9.78 Å². The highest BCUT2D eigenvalue weighted by Crippen LogP contribution is 2.07. The van der Waals surface area contributed by atoms with E-state index in [1.807, 2.05) is 12.3 Å². The van der Waals surface area contributed by atoms with Crippen molar-refractivity contribution < 1.29 is 4.79 Å². The van der Waals surface area contributed by atoms with E-state index < -0.39 is 8.07 Å². The van der Waals surface area contributed by atoms with Crippen molar-refractivity contribution in [1.29, 1.82) is 0 Å². The molecule has 1 aromatic rings. The monoisotopic (exact) mass is 268 g/mol. The molecule has 0 saturated heterocycles. The Kier molecular flexibility index (Phi) is 5.71. The first-order chi connectivity index (χ1) is 8.06. The van der Waals surface area contributed by atoms with Gasteiger partial charge in [0, 0.05) is 25.4 Å². The van der Waals surface area contributed by atoms with Crippen LogP contribution in [0.1, 0.15) is 6.42 Å². The smallest absolute Gasteiger partial charge is 0.220 e. The molecule has 0 spiro atoms. The topological polar surface area (TPSA) is 42.0 Å². The molecule has 0 atom stereocenters. The van der Waals surface area contributed by atoms with Gasteiger partial charge < -0.3 is 5.32 Å². The van der Waals surface area contributed by atoms with Crippen molar-refractivity contribution >= 4 is 31.8 Å². The van der Waals surface area contributed by atoms with Crippen LogP contribution in [0.5, 0.6) is 0 Å². The lowest BCUT2D eigenvalue weighted by atomic mass is 10.4. The van der Waals surface area contributed by atoms with Crippen LogP contribution < -0.4 is 10.5 Å². The molecule has 1 N–H and O–H groups in total. The van der Waals surface area contributed by atoms with Gasteiger partial charge in [-0.1, -0.05) is 19.2 Å². The summed E-state index contributed by atoms with van der Waals surface area (Å²) in [7, 11) is -1.47. The molecule has 0 radical (unpaired) electrons. The van der Waals surface area contributed by atoms with Crippen LogP contribution >= 0.6 is 12.6 Å². The predicted molar refractivity (Wildman–Crippen MR) is 77.6 cm³/mol. The number of aromatic nitrogens is 1. The van der Waals surface area contributed by atoms with Crippen molar-refractivity contribution in [1.82, 2.24) is 10.3 Å². The molecular formula is C12H20N2OSSi. The maximum Gasteiger partial charge on any atom is 0.220 e. The van der Waals surface area contributed by atoms with Crippen molar-refractivity contribution in [3.05, 3.63) is 24.5 Å². The number of rotatable bonds is 6. The summed E-state index contributed by atoms with van der Waals surface area (Å²) in [5, 5.41) is 4.27. The van der Waals surface area contributed by atoms with Gasteiger partial charge >= 0.3 is 0 Å². The van der Waals surface area contributed by atoms with Gasteiger partial charge in [-0.05, 0) is 23.1 Å². The Bertz CT molecular complexity index is 357. The molecule has 5 heteroatoms. The number of carbonyl (C=O) groups excluding carboxylic acids is 1. The fourth-order valence-corrected chi connectivity index (χ4v) is 3.82. The number of pyridine rings is 1. The third kappa shape index (κ3) is 4.91. The highest BCUT2D eigenvalue weighted by Gasteiger charge is 2.23. The molecule has 0 bridgehead atoms. The SMILES string of the molecule is C[Si](C)(CCNC(=O)CCS)c1cccnc1. The first kappa shape index (κ1) is 14.2. The average molecular weight is 268 g/mol. The number of nitrogens with one attached hydrogen (secondary N) is 1. The molecular weight excluding hydrogens is 248 g/mol. The lowest BCUT2D eigenvalue weighted by molar-refractivity contribution is -0.120. The van der Waals surface area contributed by atoms with E-state index in [1.54, 1.807) is 6.20 Å². The van der Waals surface area contributed by atoms with E-state index in [1.165, 1.54) is 5.19 Å². The van der Waals surface area contributed by atoms with Gasteiger partial charge in [0.1, 0.15) is 0 Å². The van der Waals surface area contributed by atoms with Gasteiger partial charge in [0.15, 0.2) is 0 Å². The maximum absolute atomic E-state index is 11.3. The molecule has 94 valence electrons. The first-order valence-electron chi connectivity index (χ1n) is 5.84. The second kappa shape index (κ2) is 6.81. The molecule has 1 rings (SSSR count). The van der Waals surface area contributed by atoms with Crippen LogP contribution in [0.25, 0.3) is 0 Å². The minimum atomic E-state index is -1.47. The third-order valence-electron chi connectivity index (χ3n) is 2.85. The largest absolute Gasteiger partial charge is 0.356 e. The van der Waals surface area contributed by atoms with Crippen LogP contribution in [-0.4, -0.2) is 31.3 Å². The lowest BCUT2D eigenvalue weighted by Gasteiger charge is -2.22. The van der Waals surface area contributed by atoms with Crippen LogP contribution in [0, 0.1) is 0 Å². The Morgan fingerprint density at radius 2 is 2.29 bits per heavy atom. The van der Waals surface area contributed by atoms with Gasteiger partial charge in [-0.15, -0.1) is 0 Å². The van der Waals surface area contributed by atoms with Crippen LogP contribution in [0.15, 0.2) is 24.5 Å². The Morgan fingerprint density at radius 1 is 1.53 bits per heavy atom. The number of hydrogen-bond acceptors (Lipinski definition) is 3. The molecule has 0 unspecified atom stereocenters. The molecule has 1 heterocycles. The van der Waals surface area contributed by atoms with E-state index >= 15 is 0 Å². The van der Waals surface area contributed by atoms with Crippen molar-refractivity contribution in [2.24, 2.45) is 0 Å². The first-order valence-corrected chi connectivity index (χ1v) is 9.68. The summed E-state index contributed by atoms with van der Waals surface area (Å²) < 4.78 is 0. The lowest BCUT2D eigenvalue weighted by Crippen LogP contribution is -2.44. The molecule has 0 aliphatic heterocycles. The second-order valence-electron chi connectivity index (χ2n) is 4.70. The highest BCUT2D eigenvalue weighted by atomic mass is 32.1. The number of thiol groups is 1. The van der Waals surface area contributed by atoms with Gasteiger partial charge in [-0.25, -0.2) is 0 Å². The number of nitrogens with zero attached hydrogens (tertiary/aromatic N) is 1. The van der Waals surface area contributed by atoms with Crippen LogP contribution in [0.2, 0.25) is 19.1 Å². The molecule has 17 heavy (non-hydrogen) atoms. The predicted octanol–water partition coefficient (Wildman–Crippen LogP) is 1.43. The minimum absolute atomic E-state index is 0.0935. The zero-order valence-corrected chi connectivity index (χ0v) is 12.3. The standard InChI is InChI=1S/C12H20N2OSSi/c1-17(2,11-4-3-6-13-10-11)9-7-14-12(15)5-8-16/h3-4,6,10,16H,5,7-9H2,1-2H3,(H,14,15). The second-order valence-corrected chi connectivity index (χ2v) is 9.99. The summed E-state index contributed by atoms with van der Waals surface area (Å²) in [6.07, 6.45) is 4.24. The zero-order chi connectivity index (χ0) is 12.7. The van der Waals surface area contributed by atoms with E-state index in [0.717, 1.165) is 12.6 Å². The van der Waals surface area contributed by atoms with Gasteiger partial charge in [-0.2, -0.15) is 12.6 Å². The van der Waals surface area contributed by atoms with Gasteiger partial charge in [0.25, 0.3) is 0 Å². The molecule has 0 aliphatic rings. The molecule has 0 fully saturated rings. The van der Waals surface area contributed by atoms with Crippen molar-refractivity contribution in [2.45, 2.75) is 25.6 Å². The molecule has 1 aromatic heterocycles. The number of carbonyl (C=O) groups is 1. The number of hydrogen-bond donors (Lipinski definition) is 2. The van der Waals surface area contributed by atoms with E-state index in [2.05, 4.69) is 42.1 Å². The van der Waals surface area contributed by atoms with Gasteiger partial charge in [0.2, 0.25) is 5.91 Å². The summed E-state index contributed by atoms with van der Waals surface area (Å²) >= 11 is 4.04. The van der Waals surface area contributed by atoms with Crippen LogP contribution in [-0.2, 0) is 4.79 Å². The fraction of sp³-hybridized carbons (Fsp3) is 0.500. The van der Waals surface area contributed by atoms with Crippen molar-refractivity contribution in [3.63, 3.8) is 0 Å². The summed E-state index contributed by atoms with van der Waals surface area (Å²) in [6.45, 7) is 5.35. The highest BCUT2D eigenvalue weighted by molar-refractivity contribution is 7.80. The van der Waals surface area contributed by atoms with Gasteiger partial charge in [0.05, 0.1) is 8.07 Å². The maximum atomic E-state index is 11.3. The summed E-state index contributed by atoms with van der Waals surface area (Å²) in [4.78, 5) is 15.5. The van der Waals surface area contributed by atoms with E-state index in [-0.39, 0.29) is 5.91 Å². The van der Waals surface area contributed by atoms with E-state index in [0.29, 0.717) is 12.2 Å². The Hall–Kier alpha value is -0.813. The molecule has 0 aliphatic carbocycles. The molecule has 0 saturated carbocycles. The Morgan fingerprint density at radius 3 is 2.88 bits per heavy atom. The van der Waals surface area contributed by atoms with Crippen molar-refractivity contribution in [2.75, 3.05) is 12.3 Å². The quantitative estimate of drug-likeness (QED) is 0.605. The Labute approximate surface area is 109 Å². The summed E-state index contributed by atoms with van der Waals surface area (Å²) in [5.74, 6) is 0.700. The molecule has 1 amide bonds. The summed E-state index contributed by atoms with van der Waals surface area (Å²) in [5.41, 5.74) is 0. The molecule has 0 aromatic carbocycles. The number of amides is 1. The van der Waals surface area contributed by atoms with Crippen molar-refractivity contribution in [3.8, 4) is 0 Å². The average Bonchev–Trinajstić information content (AvgIpc) is 2.30. The molecule has 3 nitrogen and oxygen atoms in total. The van der Waals surface area contributed by atoms with E-state index in [9.17, 15) is 4.79 Å². The Balaban J connectivity index is 2.43. The zero-order valence-electron chi connectivity index (χ0n) is 10.4. The van der Waals surface area contributed by atoms with Crippen LogP contribution in [0.3, 0.4) is 0 Å². The normalized spacial score (nSPS) is 11.2. The fourth-order valence-electron chi connectivity index (χ4n) is 1.61.